The number of nitrogen functional groups attached to an aromatic ring is 1. The van der Waals surface area contributed by atoms with E-state index in [0.29, 0.717) is 30.4 Å². The predicted octanol–water partition coefficient (Wildman–Crippen LogP) is 3.30. The van der Waals surface area contributed by atoms with Gasteiger partial charge in [0, 0.05) is 43.5 Å². The predicted molar refractivity (Wildman–Crippen MR) is 156 cm³/mol. The number of halogens is 6. The molecule has 0 aromatic heterocycles. The number of piperazine rings is 1. The number of nitrogens with one attached hydrogen (secondary N) is 3. The van der Waals surface area contributed by atoms with Gasteiger partial charge in [-0.05, 0) is 61.7 Å². The van der Waals surface area contributed by atoms with Crippen molar-refractivity contribution < 1.29 is 54.3 Å². The minimum atomic E-state index is -5.08. The van der Waals surface area contributed by atoms with Crippen LogP contribution in [0.4, 0.5) is 32.0 Å². The molecular formula is C28H32F6N6O6S. The van der Waals surface area contributed by atoms with Gasteiger partial charge in [-0.25, -0.2) is 13.2 Å². The molecule has 2 aromatic rings. The number of amidine groups is 1. The molecule has 47 heavy (non-hydrogen) atoms. The summed E-state index contributed by atoms with van der Waals surface area (Å²) in [6, 6.07) is 8.48. The number of nitrogens with zero attached hydrogens (tertiary/aromatic N) is 2. The highest BCUT2D eigenvalue weighted by Crippen LogP contribution is 2.37. The minimum Gasteiger partial charge on any atom is -0.475 e. The van der Waals surface area contributed by atoms with Gasteiger partial charge in [0.2, 0.25) is 21.8 Å². The molecule has 1 saturated carbocycles. The van der Waals surface area contributed by atoms with Gasteiger partial charge in [0.05, 0.1) is 16.5 Å². The van der Waals surface area contributed by atoms with Crippen LogP contribution < -0.4 is 16.4 Å². The lowest BCUT2D eigenvalue weighted by Gasteiger charge is -2.34. The largest absolute Gasteiger partial charge is 0.490 e. The SMILES string of the molecule is CC(NC(=O)CC(=O)Nc1ccc(C(=N)N)cc1)c1ccc(S(=O)(=O)N2CCN(C3CC3)CC2)c(C(F)(F)F)c1.O=C(O)C(F)(F)F. The highest BCUT2D eigenvalue weighted by Gasteiger charge is 2.41. The summed E-state index contributed by atoms with van der Waals surface area (Å²) >= 11 is 0. The first-order valence-corrected chi connectivity index (χ1v) is 15.4. The van der Waals surface area contributed by atoms with E-state index in [1.165, 1.54) is 37.3 Å². The summed E-state index contributed by atoms with van der Waals surface area (Å²) in [5.74, 6) is -4.28. The van der Waals surface area contributed by atoms with E-state index >= 15 is 0 Å². The van der Waals surface area contributed by atoms with Gasteiger partial charge in [-0.15, -0.1) is 0 Å². The van der Waals surface area contributed by atoms with E-state index in [9.17, 15) is 44.3 Å². The zero-order valence-electron chi connectivity index (χ0n) is 24.8. The lowest BCUT2D eigenvalue weighted by Crippen LogP contribution is -2.49. The van der Waals surface area contributed by atoms with Crippen molar-refractivity contribution in [2.24, 2.45) is 5.73 Å². The Hall–Kier alpha value is -4.23. The van der Waals surface area contributed by atoms with Gasteiger partial charge in [0.1, 0.15) is 12.3 Å². The summed E-state index contributed by atoms with van der Waals surface area (Å²) in [7, 11) is -4.40. The number of carboxylic acids is 1. The Kier molecular flexibility index (Phi) is 11.6. The molecule has 19 heteroatoms. The van der Waals surface area contributed by atoms with Crippen LogP contribution in [0, 0.1) is 5.41 Å². The summed E-state index contributed by atoms with van der Waals surface area (Å²) in [5, 5.41) is 19.5. The van der Waals surface area contributed by atoms with E-state index in [4.69, 9.17) is 21.0 Å². The van der Waals surface area contributed by atoms with Gasteiger partial charge in [-0.1, -0.05) is 6.07 Å². The summed E-state index contributed by atoms with van der Waals surface area (Å²) in [6.45, 7) is 2.63. The second kappa shape index (κ2) is 14.7. The van der Waals surface area contributed by atoms with Gasteiger partial charge >= 0.3 is 18.3 Å². The Morgan fingerprint density at radius 3 is 2.00 bits per heavy atom. The second-order valence-electron chi connectivity index (χ2n) is 10.7. The van der Waals surface area contributed by atoms with Crippen molar-refractivity contribution in [3.63, 3.8) is 0 Å². The van der Waals surface area contributed by atoms with Crippen molar-refractivity contribution in [1.29, 1.82) is 5.41 Å². The number of nitrogens with two attached hydrogens (primary N) is 1. The molecule has 4 rings (SSSR count). The number of benzene rings is 2. The van der Waals surface area contributed by atoms with Crippen molar-refractivity contribution in [3.8, 4) is 0 Å². The molecule has 1 saturated heterocycles. The van der Waals surface area contributed by atoms with Gasteiger partial charge in [0.25, 0.3) is 0 Å². The van der Waals surface area contributed by atoms with Crippen LogP contribution in [0.25, 0.3) is 0 Å². The maximum Gasteiger partial charge on any atom is 0.490 e. The number of carbonyl (C=O) groups is 3. The van der Waals surface area contributed by atoms with E-state index in [1.807, 2.05) is 0 Å². The highest BCUT2D eigenvalue weighted by atomic mass is 32.2. The molecule has 2 fully saturated rings. The lowest BCUT2D eigenvalue weighted by atomic mass is 10.0. The van der Waals surface area contributed by atoms with E-state index in [0.717, 1.165) is 29.3 Å². The molecule has 0 spiro atoms. The first-order chi connectivity index (χ1) is 21.7. The zero-order chi connectivity index (χ0) is 35.3. The van der Waals surface area contributed by atoms with Crippen molar-refractivity contribution in [2.75, 3.05) is 31.5 Å². The van der Waals surface area contributed by atoms with Crippen LogP contribution in [-0.4, -0.2) is 84.7 Å². The number of aliphatic carboxylic acids is 1. The molecule has 2 aliphatic rings. The number of alkyl halides is 6. The summed E-state index contributed by atoms with van der Waals surface area (Å²) in [6.07, 6.45) is -8.51. The maximum absolute atomic E-state index is 14.0. The summed E-state index contributed by atoms with van der Waals surface area (Å²) in [4.78, 5) is 34.9. The van der Waals surface area contributed by atoms with E-state index in [1.54, 1.807) is 0 Å². The Morgan fingerprint density at radius 2 is 1.53 bits per heavy atom. The molecular weight excluding hydrogens is 662 g/mol. The van der Waals surface area contributed by atoms with Crippen molar-refractivity contribution in [2.45, 2.75) is 55.5 Å². The average Bonchev–Trinajstić information content (AvgIpc) is 3.82. The quantitative estimate of drug-likeness (QED) is 0.115. The normalized spacial score (nSPS) is 16.7. The van der Waals surface area contributed by atoms with Crippen molar-refractivity contribution >= 4 is 39.3 Å². The molecule has 6 N–H and O–H groups in total. The maximum atomic E-state index is 14.0. The number of anilines is 1. The smallest absolute Gasteiger partial charge is 0.475 e. The number of sulfonamides is 1. The standard InChI is InChI=1S/C26H31F3N6O4S.C2HF3O2/c1-16(32-23(36)15-24(37)33-19-5-2-17(3-6-19)25(30)31)18-4-9-22(21(14-18)26(27,28)29)40(38,39)35-12-10-34(11-13-35)20-7-8-20;3-2(4,5)1(6)7/h2-6,9,14,16,20H,7-8,10-13,15H2,1H3,(H3,30,31)(H,32,36)(H,33,37);(H,6,7). The van der Waals surface area contributed by atoms with Gasteiger partial charge < -0.3 is 21.5 Å². The highest BCUT2D eigenvalue weighted by molar-refractivity contribution is 7.89. The van der Waals surface area contributed by atoms with Crippen LogP contribution in [0.1, 0.15) is 48.9 Å². The number of rotatable bonds is 9. The van der Waals surface area contributed by atoms with Gasteiger partial charge in [-0.3, -0.25) is 19.9 Å². The summed E-state index contributed by atoms with van der Waals surface area (Å²) < 4.78 is 101. The molecule has 0 radical (unpaired) electrons. The molecule has 1 aliphatic carbocycles. The third-order valence-electron chi connectivity index (χ3n) is 7.18. The number of carboxylic acid groups (broad SMARTS) is 1. The van der Waals surface area contributed by atoms with Crippen LogP contribution in [0.3, 0.4) is 0 Å². The Morgan fingerprint density at radius 1 is 0.979 bits per heavy atom. The van der Waals surface area contributed by atoms with Crippen LogP contribution in [-0.2, 0) is 30.6 Å². The van der Waals surface area contributed by atoms with Crippen LogP contribution in [0.2, 0.25) is 0 Å². The monoisotopic (exact) mass is 694 g/mol. The van der Waals surface area contributed by atoms with Crippen molar-refractivity contribution in [3.05, 3.63) is 59.2 Å². The third-order valence-corrected chi connectivity index (χ3v) is 9.14. The first kappa shape index (κ1) is 37.2. The van der Waals surface area contributed by atoms with E-state index < -0.39 is 63.1 Å². The van der Waals surface area contributed by atoms with Gasteiger partial charge in [0.15, 0.2) is 0 Å². The Labute approximate surface area is 265 Å². The number of hydrogen-bond acceptors (Lipinski definition) is 7. The van der Waals surface area contributed by atoms with Crippen LogP contribution in [0.5, 0.6) is 0 Å². The molecule has 0 bridgehead atoms. The molecule has 12 nitrogen and oxygen atoms in total. The molecule has 2 aromatic carbocycles. The van der Waals surface area contributed by atoms with Gasteiger partial charge in [-0.2, -0.15) is 30.6 Å². The minimum absolute atomic E-state index is 0.0402. The Balaban J connectivity index is 0.000000771. The number of carbonyl (C=O) groups excluding carboxylic acids is 2. The van der Waals surface area contributed by atoms with Crippen molar-refractivity contribution in [1.82, 2.24) is 14.5 Å². The second-order valence-corrected chi connectivity index (χ2v) is 12.6. The summed E-state index contributed by atoms with van der Waals surface area (Å²) in [5.41, 5.74) is 4.95. The fourth-order valence-corrected chi connectivity index (χ4v) is 6.23. The molecule has 1 atom stereocenters. The average molecular weight is 695 g/mol. The molecule has 2 amide bonds. The number of hydrogen-bond donors (Lipinski definition) is 5. The first-order valence-electron chi connectivity index (χ1n) is 14.0. The molecule has 1 heterocycles. The van der Waals surface area contributed by atoms with E-state index in [2.05, 4.69) is 15.5 Å². The molecule has 1 unspecified atom stereocenters. The third kappa shape index (κ3) is 10.4. The van der Waals surface area contributed by atoms with Crippen LogP contribution in [0.15, 0.2) is 47.4 Å². The number of amides is 2. The molecule has 1 aliphatic heterocycles. The Bertz CT molecular complexity index is 1590. The lowest BCUT2D eigenvalue weighted by molar-refractivity contribution is -0.192. The fraction of sp³-hybridized carbons (Fsp3) is 0.429. The molecule has 258 valence electrons. The van der Waals surface area contributed by atoms with E-state index in [-0.39, 0.29) is 24.5 Å². The topological polar surface area (TPSA) is 186 Å². The zero-order valence-corrected chi connectivity index (χ0v) is 25.6. The fourth-order valence-electron chi connectivity index (χ4n) is 4.61. The van der Waals surface area contributed by atoms with Crippen LogP contribution >= 0.6 is 0 Å².